The Hall–Kier alpha value is -3.23. The molecule has 3 rings (SSSR count). The Morgan fingerprint density at radius 1 is 1.44 bits per heavy atom. The van der Waals surface area contributed by atoms with E-state index < -0.39 is 22.3 Å². The van der Waals surface area contributed by atoms with Gasteiger partial charge in [-0.05, 0) is 24.3 Å². The minimum atomic E-state index is -0.979. The molecule has 1 N–H and O–H groups in total. The summed E-state index contributed by atoms with van der Waals surface area (Å²) in [4.78, 5) is 35.6. The van der Waals surface area contributed by atoms with Crippen molar-refractivity contribution in [2.45, 2.75) is 13.0 Å². The number of hydrogen-bond donors (Lipinski definition) is 1. The normalized spacial score (nSPS) is 16.9. The molecule has 2 aromatic rings. The Labute approximate surface area is 141 Å². The van der Waals surface area contributed by atoms with Crippen LogP contribution in [0.1, 0.15) is 12.2 Å². The molecule has 0 saturated carbocycles. The first-order valence-electron chi connectivity index (χ1n) is 7.50. The Morgan fingerprint density at radius 2 is 2.24 bits per heavy atom. The zero-order chi connectivity index (χ0) is 18.0. The van der Waals surface area contributed by atoms with Crippen molar-refractivity contribution >= 4 is 23.2 Å². The number of rotatable bonds is 5. The van der Waals surface area contributed by atoms with Gasteiger partial charge in [0.1, 0.15) is 5.76 Å². The lowest BCUT2D eigenvalue weighted by Crippen LogP contribution is -2.32. The zero-order valence-corrected chi connectivity index (χ0v) is 13.0. The van der Waals surface area contributed by atoms with Crippen LogP contribution in [-0.4, -0.2) is 23.3 Å². The third-order valence-electron chi connectivity index (χ3n) is 3.95. The summed E-state index contributed by atoms with van der Waals surface area (Å²) in [6, 6.07) is 6.62. The van der Waals surface area contributed by atoms with E-state index in [0.717, 1.165) is 12.1 Å². The van der Waals surface area contributed by atoms with Crippen molar-refractivity contribution in [3.8, 4) is 0 Å². The largest absolute Gasteiger partial charge is 0.467 e. The number of halogens is 1. The van der Waals surface area contributed by atoms with Crippen LogP contribution in [0.2, 0.25) is 0 Å². The summed E-state index contributed by atoms with van der Waals surface area (Å²) in [5.74, 6) is -1.65. The molecule has 9 heteroatoms. The number of carbonyl (C=O) groups excluding carboxylic acids is 2. The number of nitrogens with one attached hydrogen (secondary N) is 1. The number of nitrogens with zero attached hydrogens (tertiary/aromatic N) is 2. The number of carbonyl (C=O) groups is 2. The first-order chi connectivity index (χ1) is 12.0. The highest BCUT2D eigenvalue weighted by atomic mass is 19.1. The fourth-order valence-electron chi connectivity index (χ4n) is 2.67. The molecule has 0 aliphatic carbocycles. The Kier molecular flexibility index (Phi) is 4.46. The van der Waals surface area contributed by atoms with E-state index in [0.29, 0.717) is 5.76 Å². The molecule has 1 aromatic carbocycles. The Bertz CT molecular complexity index is 821. The second-order valence-corrected chi connectivity index (χ2v) is 5.60. The molecule has 8 nitrogen and oxygen atoms in total. The molecule has 130 valence electrons. The molecule has 2 heterocycles. The van der Waals surface area contributed by atoms with Crippen LogP contribution in [0.15, 0.2) is 41.0 Å². The summed E-state index contributed by atoms with van der Waals surface area (Å²) in [6.07, 6.45) is 1.47. The maximum Gasteiger partial charge on any atom is 0.306 e. The maximum absolute atomic E-state index is 13.4. The van der Waals surface area contributed by atoms with E-state index in [2.05, 4.69) is 5.32 Å². The lowest BCUT2D eigenvalue weighted by molar-refractivity contribution is -0.387. The van der Waals surface area contributed by atoms with Crippen LogP contribution >= 0.6 is 0 Å². The predicted molar refractivity (Wildman–Crippen MR) is 84.1 cm³/mol. The van der Waals surface area contributed by atoms with Crippen LogP contribution in [0.5, 0.6) is 0 Å². The number of anilines is 1. The van der Waals surface area contributed by atoms with Crippen molar-refractivity contribution in [2.24, 2.45) is 5.92 Å². The highest BCUT2D eigenvalue weighted by Crippen LogP contribution is 2.29. The number of hydrogen-bond acceptors (Lipinski definition) is 5. The molecule has 1 saturated heterocycles. The van der Waals surface area contributed by atoms with Gasteiger partial charge >= 0.3 is 5.69 Å². The average molecular weight is 347 g/mol. The number of nitro benzene ring substituents is 1. The molecule has 25 heavy (non-hydrogen) atoms. The molecular formula is C16H14FN3O5. The highest BCUT2D eigenvalue weighted by Gasteiger charge is 2.35. The first-order valence-corrected chi connectivity index (χ1v) is 7.50. The van der Waals surface area contributed by atoms with Crippen molar-refractivity contribution in [3.63, 3.8) is 0 Å². The van der Waals surface area contributed by atoms with Gasteiger partial charge in [-0.15, -0.1) is 0 Å². The molecule has 1 aliphatic heterocycles. The summed E-state index contributed by atoms with van der Waals surface area (Å²) in [5.41, 5.74) is -0.518. The molecule has 1 atom stereocenters. The van der Waals surface area contributed by atoms with Gasteiger partial charge in [0.25, 0.3) is 0 Å². The number of nitro groups is 1. The van der Waals surface area contributed by atoms with Gasteiger partial charge in [0.05, 0.1) is 29.3 Å². The highest BCUT2D eigenvalue weighted by molar-refractivity contribution is 6.00. The molecule has 1 aliphatic rings. The summed E-state index contributed by atoms with van der Waals surface area (Å²) >= 11 is 0. The van der Waals surface area contributed by atoms with E-state index in [1.165, 1.54) is 17.2 Å². The van der Waals surface area contributed by atoms with E-state index >= 15 is 0 Å². The minimum Gasteiger partial charge on any atom is -0.467 e. The fourth-order valence-corrected chi connectivity index (χ4v) is 2.67. The van der Waals surface area contributed by atoms with Crippen LogP contribution in [0, 0.1) is 21.8 Å². The van der Waals surface area contributed by atoms with Crippen molar-refractivity contribution in [1.29, 1.82) is 0 Å². The third-order valence-corrected chi connectivity index (χ3v) is 3.95. The molecule has 0 radical (unpaired) electrons. The molecule has 0 bridgehead atoms. The topological polar surface area (TPSA) is 106 Å². The van der Waals surface area contributed by atoms with E-state index in [4.69, 9.17) is 4.42 Å². The lowest BCUT2D eigenvalue weighted by Gasteiger charge is -2.16. The van der Waals surface area contributed by atoms with Crippen molar-refractivity contribution in [3.05, 3.63) is 58.3 Å². The van der Waals surface area contributed by atoms with Gasteiger partial charge in [-0.2, -0.15) is 4.39 Å². The van der Waals surface area contributed by atoms with Gasteiger partial charge in [0, 0.05) is 19.0 Å². The standard InChI is InChI=1S/C16H14FN3O5/c17-13-4-3-11(7-14(13)20(23)24)19-9-10(6-15(19)21)16(22)18-8-12-2-1-5-25-12/h1-5,7,10H,6,8-9H2,(H,18,22). The molecule has 1 unspecified atom stereocenters. The second-order valence-electron chi connectivity index (χ2n) is 5.60. The lowest BCUT2D eigenvalue weighted by atomic mass is 10.1. The van der Waals surface area contributed by atoms with Crippen LogP contribution in [0.3, 0.4) is 0 Å². The molecule has 2 amide bonds. The van der Waals surface area contributed by atoms with Gasteiger partial charge in [-0.1, -0.05) is 0 Å². The van der Waals surface area contributed by atoms with Gasteiger partial charge in [0.15, 0.2) is 0 Å². The second kappa shape index (κ2) is 6.71. The Morgan fingerprint density at radius 3 is 2.92 bits per heavy atom. The van der Waals surface area contributed by atoms with E-state index in [-0.39, 0.29) is 37.0 Å². The summed E-state index contributed by atoms with van der Waals surface area (Å²) < 4.78 is 18.5. The third kappa shape index (κ3) is 3.49. The average Bonchev–Trinajstić information content (AvgIpc) is 3.22. The van der Waals surface area contributed by atoms with Crippen LogP contribution < -0.4 is 10.2 Å². The first kappa shape index (κ1) is 16.6. The van der Waals surface area contributed by atoms with Gasteiger partial charge in [-0.3, -0.25) is 19.7 Å². The number of amides is 2. The van der Waals surface area contributed by atoms with Crippen molar-refractivity contribution in [1.82, 2.24) is 5.32 Å². The monoisotopic (exact) mass is 347 g/mol. The summed E-state index contributed by atoms with van der Waals surface area (Å²) in [5, 5.41) is 13.5. The molecule has 1 aromatic heterocycles. The molecular weight excluding hydrogens is 333 g/mol. The predicted octanol–water partition coefficient (Wildman–Crippen LogP) is 2.00. The van der Waals surface area contributed by atoms with Crippen LogP contribution in [0.4, 0.5) is 15.8 Å². The quantitative estimate of drug-likeness (QED) is 0.658. The van der Waals surface area contributed by atoms with Crippen molar-refractivity contribution < 1.29 is 23.3 Å². The van der Waals surface area contributed by atoms with Gasteiger partial charge in [0.2, 0.25) is 17.6 Å². The molecule has 0 spiro atoms. The van der Waals surface area contributed by atoms with Crippen LogP contribution in [0.25, 0.3) is 0 Å². The Balaban J connectivity index is 1.69. The smallest absolute Gasteiger partial charge is 0.306 e. The maximum atomic E-state index is 13.4. The fraction of sp³-hybridized carbons (Fsp3) is 0.250. The summed E-state index contributed by atoms with van der Waals surface area (Å²) in [7, 11) is 0. The van der Waals surface area contributed by atoms with Gasteiger partial charge < -0.3 is 14.6 Å². The SMILES string of the molecule is O=C(NCc1ccco1)C1CC(=O)N(c2ccc(F)c([N+](=O)[O-])c2)C1. The van der Waals surface area contributed by atoms with Gasteiger partial charge in [-0.25, -0.2) is 0 Å². The number of furan rings is 1. The molecule has 1 fully saturated rings. The van der Waals surface area contributed by atoms with E-state index in [1.54, 1.807) is 12.1 Å². The van der Waals surface area contributed by atoms with Crippen molar-refractivity contribution in [2.75, 3.05) is 11.4 Å². The van der Waals surface area contributed by atoms with Crippen LogP contribution in [-0.2, 0) is 16.1 Å². The summed E-state index contributed by atoms with van der Waals surface area (Å²) in [6.45, 7) is 0.282. The van der Waals surface area contributed by atoms with E-state index in [1.807, 2.05) is 0 Å². The zero-order valence-electron chi connectivity index (χ0n) is 13.0. The minimum absolute atomic E-state index is 0.0187. The number of benzene rings is 1. The van der Waals surface area contributed by atoms with E-state index in [9.17, 15) is 24.1 Å².